The molecule has 16 aromatic rings. The lowest BCUT2D eigenvalue weighted by Crippen LogP contribution is -2.62. The number of hydrogen-bond donors (Lipinski definition) is 0. The summed E-state index contributed by atoms with van der Waals surface area (Å²) in [7, 11) is 0. The van der Waals surface area contributed by atoms with Crippen LogP contribution in [0.15, 0.2) is 398 Å². The van der Waals surface area contributed by atoms with Crippen LogP contribution in [0, 0.1) is 0 Å². The minimum Gasteiger partial charge on any atom is -0.311 e. The molecule has 0 saturated heterocycles. The summed E-state index contributed by atoms with van der Waals surface area (Å²) in [6.45, 7) is -0.358. The molecule has 0 radical (unpaired) electrons. The minimum absolute atomic E-state index is 0.179. The van der Waals surface area contributed by atoms with Gasteiger partial charge < -0.3 is 29.4 Å². The Labute approximate surface area is 622 Å². The Morgan fingerprint density at radius 1 is 0.217 bits per heavy atom. The van der Waals surface area contributed by atoms with Crippen molar-refractivity contribution in [1.29, 1.82) is 0 Å². The molecule has 0 saturated carbocycles. The minimum atomic E-state index is -0.783. The van der Waals surface area contributed by atoms with Crippen LogP contribution in [0.4, 0.5) is 102 Å². The van der Waals surface area contributed by atoms with Crippen LogP contribution in [0.25, 0.3) is 11.1 Å². The molecule has 0 N–H and O–H groups in total. The second-order valence-corrected chi connectivity index (χ2v) is 29.3. The molecule has 1 spiro atoms. The third-order valence-corrected chi connectivity index (χ3v) is 23.8. The van der Waals surface area contributed by atoms with E-state index in [-0.39, 0.29) is 13.4 Å². The maximum absolute atomic E-state index is 2.69. The van der Waals surface area contributed by atoms with Crippen molar-refractivity contribution < 1.29 is 0 Å². The zero-order valence-corrected chi connectivity index (χ0v) is 58.5. The van der Waals surface area contributed by atoms with Crippen LogP contribution in [-0.2, 0) is 5.41 Å². The van der Waals surface area contributed by atoms with Crippen LogP contribution in [0.5, 0.6) is 0 Å². The molecule has 6 aliphatic rings. The van der Waals surface area contributed by atoms with Gasteiger partial charge in [0.1, 0.15) is 0 Å². The highest BCUT2D eigenvalue weighted by Crippen LogP contribution is 2.64. The van der Waals surface area contributed by atoms with Gasteiger partial charge in [0.2, 0.25) is 0 Å². The molecule has 6 nitrogen and oxygen atoms in total. The van der Waals surface area contributed by atoms with Gasteiger partial charge in [-0.15, -0.1) is 0 Å². The lowest BCUT2D eigenvalue weighted by Gasteiger charge is -2.48. The number of benzene rings is 16. The van der Waals surface area contributed by atoms with Crippen LogP contribution in [0.2, 0.25) is 0 Å². The Bertz CT molecular complexity index is 5720. The van der Waals surface area contributed by atoms with Gasteiger partial charge in [-0.2, -0.15) is 0 Å². The molecule has 0 amide bonds. The SMILES string of the molecule is c1ccc(N(c2ccccc2)c2cc3c4c(c2)N(c2ccccc2)c2cc5c(cc2B4c2ccccc2N3c2ccccc2)C2(c3cc4c(cc3S5)N(c3ccccc3)c3cc(N(c5ccccc5)c5ccccc5)cc5c3B4c3ccccc3N5c3ccccc3)c3ccccc3-c3ccccc32)cc1. The van der Waals surface area contributed by atoms with Gasteiger partial charge in [0.05, 0.1) is 16.8 Å². The van der Waals surface area contributed by atoms with Crippen molar-refractivity contribution in [1.82, 2.24) is 0 Å². The van der Waals surface area contributed by atoms with Gasteiger partial charge >= 0.3 is 0 Å². The third-order valence-electron chi connectivity index (χ3n) is 22.7. The number of anilines is 18. The summed E-state index contributed by atoms with van der Waals surface area (Å²) < 4.78 is 0. The molecule has 1 aliphatic carbocycles. The van der Waals surface area contributed by atoms with Crippen molar-refractivity contribution in [3.05, 3.63) is 411 Å². The van der Waals surface area contributed by atoms with Gasteiger partial charge in [-0.05, 0) is 212 Å². The Hall–Kier alpha value is -13.2. The first-order valence-electron chi connectivity index (χ1n) is 36.6. The molecular weight excluding hydrogens is 1300 g/mol. The van der Waals surface area contributed by atoms with Gasteiger partial charge in [-0.25, -0.2) is 0 Å². The van der Waals surface area contributed by atoms with Gasteiger partial charge in [0, 0.05) is 101 Å². The normalized spacial score (nSPS) is 13.8. The lowest BCUT2D eigenvalue weighted by molar-refractivity contribution is 0.724. The molecular formula is C97H64B2N6S. The van der Waals surface area contributed by atoms with Crippen LogP contribution < -0.4 is 62.2 Å². The summed E-state index contributed by atoms with van der Waals surface area (Å²) in [4.78, 5) is 17.6. The summed E-state index contributed by atoms with van der Waals surface area (Å²) >= 11 is 1.93. The van der Waals surface area contributed by atoms with Crippen molar-refractivity contribution in [2.45, 2.75) is 15.2 Å². The number of fused-ring (bicyclic) bond motifs is 17. The molecule has 0 aromatic heterocycles. The summed E-state index contributed by atoms with van der Waals surface area (Å²) in [6, 6.07) is 145. The molecule has 5 heterocycles. The number of rotatable bonds is 10. The molecule has 0 atom stereocenters. The van der Waals surface area contributed by atoms with E-state index in [2.05, 4.69) is 418 Å². The number of hydrogen-bond acceptors (Lipinski definition) is 7. The fourth-order valence-corrected chi connectivity index (χ4v) is 19.9. The third kappa shape index (κ3) is 8.90. The molecule has 494 valence electrons. The van der Waals surface area contributed by atoms with Crippen LogP contribution in [0.1, 0.15) is 22.3 Å². The van der Waals surface area contributed by atoms with Gasteiger partial charge in [0.25, 0.3) is 13.4 Å². The molecule has 0 fully saturated rings. The fourth-order valence-electron chi connectivity index (χ4n) is 18.6. The topological polar surface area (TPSA) is 19.4 Å². The van der Waals surface area contributed by atoms with Crippen molar-refractivity contribution in [3.8, 4) is 11.1 Å². The highest BCUT2D eigenvalue weighted by molar-refractivity contribution is 7.99. The lowest BCUT2D eigenvalue weighted by atomic mass is 9.33. The average Bonchev–Trinajstić information content (AvgIpc) is 1.25. The van der Waals surface area contributed by atoms with E-state index in [9.17, 15) is 0 Å². The van der Waals surface area contributed by atoms with Crippen LogP contribution >= 0.6 is 11.8 Å². The Morgan fingerprint density at radius 3 is 0.821 bits per heavy atom. The van der Waals surface area contributed by atoms with E-state index >= 15 is 0 Å². The monoisotopic (exact) mass is 1370 g/mol. The summed E-state index contributed by atoms with van der Waals surface area (Å²) in [5.74, 6) is 0. The summed E-state index contributed by atoms with van der Waals surface area (Å²) in [5, 5.41) is 0. The second-order valence-electron chi connectivity index (χ2n) is 28.2. The molecule has 16 aromatic carbocycles. The first-order valence-corrected chi connectivity index (χ1v) is 37.4. The predicted molar refractivity (Wildman–Crippen MR) is 445 cm³/mol. The van der Waals surface area contributed by atoms with E-state index in [4.69, 9.17) is 0 Å². The molecule has 0 unspecified atom stereocenters. The number of para-hydroxylation sites is 10. The number of nitrogens with zero attached hydrogens (tertiary/aromatic N) is 6. The van der Waals surface area contributed by atoms with E-state index < -0.39 is 5.41 Å². The van der Waals surface area contributed by atoms with Crippen molar-refractivity contribution >= 4 is 160 Å². The van der Waals surface area contributed by atoms with E-state index in [1.165, 1.54) is 75.9 Å². The molecule has 106 heavy (non-hydrogen) atoms. The van der Waals surface area contributed by atoms with Crippen molar-refractivity contribution in [3.63, 3.8) is 0 Å². The molecule has 0 bridgehead atoms. The van der Waals surface area contributed by atoms with Crippen LogP contribution in [-0.4, -0.2) is 13.4 Å². The molecule has 5 aliphatic heterocycles. The largest absolute Gasteiger partial charge is 0.311 e. The molecule has 9 heteroatoms. The Balaban J connectivity index is 0.841. The van der Waals surface area contributed by atoms with E-state index in [0.717, 1.165) is 102 Å². The van der Waals surface area contributed by atoms with Gasteiger partial charge in [-0.1, -0.05) is 254 Å². The van der Waals surface area contributed by atoms with Crippen molar-refractivity contribution in [2.75, 3.05) is 29.4 Å². The highest BCUT2D eigenvalue weighted by Gasteiger charge is 2.55. The average molecular weight is 1370 g/mol. The van der Waals surface area contributed by atoms with Crippen LogP contribution in [0.3, 0.4) is 0 Å². The quantitative estimate of drug-likeness (QED) is 0.126. The standard InChI is InChI=1S/C97H64B2N6S/c1-9-33-65(34-10-1)100(66-35-11-2-12-36-66)73-57-89-95-91(59-73)104(71-45-21-7-22-46-71)87-63-93-79(61-83(87)98(95)81-53-29-31-55-85(81)102(89)69-41-17-5-18-42-69)97(77-51-27-25-49-75(77)76-50-26-28-52-78(76)97)80-62-84-88(64-94(80)106-93)105(72-47-23-8-24-48-72)92-60-74(101(67-37-13-3-14-38-67)68-39-15-4-16-40-68)58-90-96(92)99(84)82-54-30-32-56-86(82)103(90)70-43-19-6-20-44-70/h1-64H. The van der Waals surface area contributed by atoms with Crippen molar-refractivity contribution in [2.24, 2.45) is 0 Å². The maximum atomic E-state index is 2.69. The second kappa shape index (κ2) is 23.9. The zero-order chi connectivity index (χ0) is 69.6. The first-order chi connectivity index (χ1) is 52.6. The predicted octanol–water partition coefficient (Wildman–Crippen LogP) is 21.6. The van der Waals surface area contributed by atoms with E-state index in [1.54, 1.807) is 0 Å². The maximum Gasteiger partial charge on any atom is 0.252 e. The Kier molecular flexibility index (Phi) is 13.6. The summed E-state index contributed by atoms with van der Waals surface area (Å²) in [5.41, 5.74) is 34.5. The Morgan fingerprint density at radius 2 is 0.491 bits per heavy atom. The highest BCUT2D eigenvalue weighted by atomic mass is 32.2. The molecule has 22 rings (SSSR count). The summed E-state index contributed by atoms with van der Waals surface area (Å²) in [6.07, 6.45) is 0. The smallest absolute Gasteiger partial charge is 0.252 e. The zero-order valence-electron chi connectivity index (χ0n) is 57.7. The first kappa shape index (κ1) is 60.4. The van der Waals surface area contributed by atoms with Gasteiger partial charge in [-0.3, -0.25) is 0 Å². The van der Waals surface area contributed by atoms with E-state index in [0.29, 0.717) is 0 Å². The van der Waals surface area contributed by atoms with E-state index in [1.807, 2.05) is 11.8 Å². The fraction of sp³-hybridized carbons (Fsp3) is 0.0103. The van der Waals surface area contributed by atoms with Gasteiger partial charge in [0.15, 0.2) is 0 Å².